The normalized spacial score (nSPS) is 14.9. The number of carbonyl (C=O) groups excluding carboxylic acids is 1. The van der Waals surface area contributed by atoms with Crippen molar-refractivity contribution in [2.45, 2.75) is 32.4 Å². The monoisotopic (exact) mass is 414 g/mol. The molecule has 0 unspecified atom stereocenters. The Kier molecular flexibility index (Phi) is 7.05. The van der Waals surface area contributed by atoms with Gasteiger partial charge in [0.1, 0.15) is 0 Å². The zero-order valence-electron chi connectivity index (χ0n) is 18.1. The van der Waals surface area contributed by atoms with Crippen LogP contribution in [0.5, 0.6) is 23.0 Å². The third-order valence-corrected chi connectivity index (χ3v) is 5.56. The van der Waals surface area contributed by atoms with Gasteiger partial charge in [0, 0.05) is 44.4 Å². The molecule has 2 aromatic rings. The molecule has 30 heavy (non-hydrogen) atoms. The van der Waals surface area contributed by atoms with Crippen LogP contribution in [0.25, 0.3) is 0 Å². The van der Waals surface area contributed by atoms with Crippen LogP contribution in [0.1, 0.15) is 25.3 Å². The molecule has 0 aromatic heterocycles. The average molecular weight is 415 g/mol. The highest BCUT2D eigenvalue weighted by Gasteiger charge is 2.28. The number of nitrogens with zero attached hydrogens (tertiary/aromatic N) is 2. The number of likely N-dealkylation sites (tertiary alicyclic amines) is 1. The van der Waals surface area contributed by atoms with Crippen molar-refractivity contribution in [3.05, 3.63) is 42.0 Å². The maximum atomic E-state index is 12.5. The molecule has 0 atom stereocenters. The van der Waals surface area contributed by atoms with E-state index >= 15 is 0 Å². The molecule has 1 aliphatic heterocycles. The minimum Gasteiger partial charge on any atom is -0.504 e. The molecule has 0 bridgehead atoms. The highest BCUT2D eigenvalue weighted by Crippen LogP contribution is 2.34. The number of hydrogen-bond acceptors (Lipinski definition) is 6. The van der Waals surface area contributed by atoms with Crippen molar-refractivity contribution in [3.63, 3.8) is 0 Å². The van der Waals surface area contributed by atoms with Crippen LogP contribution >= 0.6 is 0 Å². The summed E-state index contributed by atoms with van der Waals surface area (Å²) < 4.78 is 15.9. The maximum Gasteiger partial charge on any atom is 0.224 e. The first-order valence-corrected chi connectivity index (χ1v) is 10.1. The zero-order chi connectivity index (χ0) is 21.7. The molecule has 2 aromatic carbocycles. The number of rotatable bonds is 7. The summed E-state index contributed by atoms with van der Waals surface area (Å²) in [6.07, 6.45) is 1.76. The number of ether oxygens (including phenoxy) is 3. The summed E-state index contributed by atoms with van der Waals surface area (Å²) in [7, 11) is 4.74. The molecule has 7 heteroatoms. The van der Waals surface area contributed by atoms with E-state index in [4.69, 9.17) is 14.2 Å². The van der Waals surface area contributed by atoms with Crippen molar-refractivity contribution in [3.8, 4) is 23.0 Å². The van der Waals surface area contributed by atoms with Gasteiger partial charge in [0.05, 0.1) is 21.3 Å². The van der Waals surface area contributed by atoms with Gasteiger partial charge in [-0.2, -0.15) is 0 Å². The number of phenolic OH excluding ortho intramolecular Hbond substituents is 1. The van der Waals surface area contributed by atoms with Crippen molar-refractivity contribution in [1.29, 1.82) is 0 Å². The second-order valence-electron chi connectivity index (χ2n) is 7.44. The molecule has 162 valence electrons. The summed E-state index contributed by atoms with van der Waals surface area (Å²) in [5.41, 5.74) is 1.91. The van der Waals surface area contributed by atoms with E-state index in [2.05, 4.69) is 4.90 Å². The quantitative estimate of drug-likeness (QED) is 0.748. The first-order valence-electron chi connectivity index (χ1n) is 10.1. The molecule has 1 aliphatic rings. The van der Waals surface area contributed by atoms with Crippen molar-refractivity contribution < 1.29 is 24.1 Å². The fraction of sp³-hybridized carbons (Fsp3) is 0.435. The first-order chi connectivity index (χ1) is 14.5. The maximum absolute atomic E-state index is 12.5. The third-order valence-electron chi connectivity index (χ3n) is 5.56. The zero-order valence-corrected chi connectivity index (χ0v) is 18.1. The number of benzene rings is 2. The van der Waals surface area contributed by atoms with Crippen molar-refractivity contribution in [2.75, 3.05) is 39.3 Å². The topological polar surface area (TPSA) is 71.5 Å². The number of methoxy groups -OCH3 is 3. The van der Waals surface area contributed by atoms with Gasteiger partial charge >= 0.3 is 0 Å². The van der Waals surface area contributed by atoms with Crippen LogP contribution in [0.3, 0.4) is 0 Å². The summed E-state index contributed by atoms with van der Waals surface area (Å²) in [6, 6.07) is 11.2. The van der Waals surface area contributed by atoms with E-state index in [1.54, 1.807) is 34.3 Å². The first kappa shape index (κ1) is 21.8. The molecule has 1 fully saturated rings. The van der Waals surface area contributed by atoms with E-state index in [1.165, 1.54) is 0 Å². The van der Waals surface area contributed by atoms with E-state index < -0.39 is 0 Å². The fourth-order valence-electron chi connectivity index (χ4n) is 4.04. The average Bonchev–Trinajstić information content (AvgIpc) is 2.76. The number of anilines is 1. The molecular weight excluding hydrogens is 384 g/mol. The summed E-state index contributed by atoms with van der Waals surface area (Å²) in [6.45, 7) is 4.14. The van der Waals surface area contributed by atoms with Gasteiger partial charge in [-0.15, -0.1) is 0 Å². The molecule has 1 saturated heterocycles. The SMILES string of the molecule is COc1cc(CN2CCC(N(C(C)=O)c3ccc(OC)c(OC)c3)CC2)ccc1O. The summed E-state index contributed by atoms with van der Waals surface area (Å²) in [4.78, 5) is 16.7. The summed E-state index contributed by atoms with van der Waals surface area (Å²) >= 11 is 0. The Labute approximate surface area is 177 Å². The number of phenols is 1. The Bertz CT molecular complexity index is 878. The summed E-state index contributed by atoms with van der Waals surface area (Å²) in [5, 5.41) is 9.77. The Morgan fingerprint density at radius 3 is 2.27 bits per heavy atom. The number of hydrogen-bond donors (Lipinski definition) is 1. The van der Waals surface area contributed by atoms with Crippen LogP contribution in [-0.4, -0.2) is 56.4 Å². The largest absolute Gasteiger partial charge is 0.504 e. The number of aromatic hydroxyl groups is 1. The van der Waals surface area contributed by atoms with Crippen LogP contribution in [0.4, 0.5) is 5.69 Å². The number of carbonyl (C=O) groups is 1. The van der Waals surface area contributed by atoms with E-state index in [0.29, 0.717) is 17.2 Å². The molecule has 0 radical (unpaired) electrons. The lowest BCUT2D eigenvalue weighted by molar-refractivity contribution is -0.117. The van der Waals surface area contributed by atoms with Gasteiger partial charge in [0.15, 0.2) is 23.0 Å². The van der Waals surface area contributed by atoms with Gasteiger partial charge in [0.2, 0.25) is 5.91 Å². The van der Waals surface area contributed by atoms with Gasteiger partial charge < -0.3 is 24.2 Å². The lowest BCUT2D eigenvalue weighted by Crippen LogP contribution is -2.46. The second kappa shape index (κ2) is 9.71. The fourth-order valence-corrected chi connectivity index (χ4v) is 4.04. The van der Waals surface area contributed by atoms with Crippen LogP contribution in [0.2, 0.25) is 0 Å². The van der Waals surface area contributed by atoms with Crippen molar-refractivity contribution in [2.24, 2.45) is 0 Å². The van der Waals surface area contributed by atoms with Gasteiger partial charge in [-0.25, -0.2) is 0 Å². The number of amides is 1. The minimum absolute atomic E-state index is 0.0175. The second-order valence-corrected chi connectivity index (χ2v) is 7.44. The van der Waals surface area contributed by atoms with Gasteiger partial charge in [-0.1, -0.05) is 6.07 Å². The lowest BCUT2D eigenvalue weighted by atomic mass is 10.0. The van der Waals surface area contributed by atoms with E-state index in [1.807, 2.05) is 35.2 Å². The van der Waals surface area contributed by atoms with Crippen molar-refractivity contribution >= 4 is 11.6 Å². The van der Waals surface area contributed by atoms with E-state index in [-0.39, 0.29) is 17.7 Å². The van der Waals surface area contributed by atoms with Crippen LogP contribution in [-0.2, 0) is 11.3 Å². The lowest BCUT2D eigenvalue weighted by Gasteiger charge is -2.38. The molecule has 0 saturated carbocycles. The molecular formula is C23H30N2O5. The van der Waals surface area contributed by atoms with Crippen LogP contribution < -0.4 is 19.1 Å². The Balaban J connectivity index is 1.68. The highest BCUT2D eigenvalue weighted by molar-refractivity contribution is 5.92. The standard InChI is InChI=1S/C23H30N2O5/c1-16(26)25(19-6-8-21(28-2)23(14-19)30-4)18-9-11-24(12-10-18)15-17-5-7-20(27)22(13-17)29-3/h5-8,13-14,18,27H,9-12,15H2,1-4H3. The predicted octanol–water partition coefficient (Wildman–Crippen LogP) is 3.44. The minimum atomic E-state index is 0.0175. The Hall–Kier alpha value is -2.93. The van der Waals surface area contributed by atoms with Gasteiger partial charge in [-0.3, -0.25) is 9.69 Å². The molecule has 7 nitrogen and oxygen atoms in total. The Morgan fingerprint density at radius 1 is 1.00 bits per heavy atom. The molecule has 1 heterocycles. The highest BCUT2D eigenvalue weighted by atomic mass is 16.5. The third kappa shape index (κ3) is 4.79. The Morgan fingerprint density at radius 2 is 1.67 bits per heavy atom. The molecule has 0 spiro atoms. The van der Waals surface area contributed by atoms with E-state index in [0.717, 1.165) is 43.7 Å². The number of piperidine rings is 1. The van der Waals surface area contributed by atoms with Crippen molar-refractivity contribution in [1.82, 2.24) is 4.90 Å². The van der Waals surface area contributed by atoms with Crippen LogP contribution in [0.15, 0.2) is 36.4 Å². The molecule has 0 aliphatic carbocycles. The van der Waals surface area contributed by atoms with Gasteiger partial charge in [-0.05, 0) is 42.7 Å². The van der Waals surface area contributed by atoms with Gasteiger partial charge in [0.25, 0.3) is 0 Å². The van der Waals surface area contributed by atoms with Crippen LogP contribution in [0, 0.1) is 0 Å². The summed E-state index contributed by atoms with van der Waals surface area (Å²) in [5.74, 6) is 1.90. The molecule has 3 rings (SSSR count). The molecule has 1 N–H and O–H groups in total. The molecule has 1 amide bonds. The smallest absolute Gasteiger partial charge is 0.224 e. The predicted molar refractivity (Wildman–Crippen MR) is 116 cm³/mol. The van der Waals surface area contributed by atoms with E-state index in [9.17, 15) is 9.90 Å².